The molecule has 7 nitrogen and oxygen atoms in total. The number of carbonyl (C=O) groups excluding carboxylic acids is 2. The third-order valence-electron chi connectivity index (χ3n) is 5.67. The van der Waals surface area contributed by atoms with Crippen LogP contribution in [0, 0.1) is 32.5 Å². The minimum atomic E-state index is -0.311. The van der Waals surface area contributed by atoms with Crippen molar-refractivity contribution < 1.29 is 14.0 Å². The van der Waals surface area contributed by atoms with Crippen molar-refractivity contribution in [3.8, 4) is 11.3 Å². The molecule has 2 amide bonds. The monoisotopic (exact) mass is 421 g/mol. The van der Waals surface area contributed by atoms with Crippen LogP contribution in [0.25, 0.3) is 11.3 Å². The molecule has 0 unspecified atom stereocenters. The molecular formula is C23H24FN5O2. The third kappa shape index (κ3) is 4.19. The maximum Gasteiger partial charge on any atom is 0.270 e. The van der Waals surface area contributed by atoms with Gasteiger partial charge in [-0.05, 0) is 68.7 Å². The Bertz CT molecular complexity index is 1140. The lowest BCUT2D eigenvalue weighted by molar-refractivity contribution is -0.119. The van der Waals surface area contributed by atoms with E-state index in [9.17, 15) is 14.0 Å². The smallest absolute Gasteiger partial charge is 0.270 e. The van der Waals surface area contributed by atoms with Crippen molar-refractivity contribution in [3.63, 3.8) is 0 Å². The molecule has 1 fully saturated rings. The first-order valence-corrected chi connectivity index (χ1v) is 10.2. The van der Waals surface area contributed by atoms with Crippen LogP contribution in [-0.2, 0) is 4.79 Å². The Morgan fingerprint density at radius 3 is 2.71 bits per heavy atom. The van der Waals surface area contributed by atoms with Crippen molar-refractivity contribution in [2.24, 2.45) is 5.92 Å². The highest BCUT2D eigenvalue weighted by molar-refractivity contribution is 5.96. The Balaban J connectivity index is 1.42. The first-order valence-electron chi connectivity index (χ1n) is 10.2. The number of amides is 2. The molecule has 8 heteroatoms. The number of nitrogens with one attached hydrogen (secondary N) is 2. The van der Waals surface area contributed by atoms with E-state index in [1.807, 2.05) is 19.9 Å². The lowest BCUT2D eigenvalue weighted by Crippen LogP contribution is -2.31. The summed E-state index contributed by atoms with van der Waals surface area (Å²) in [4.78, 5) is 30.4. The van der Waals surface area contributed by atoms with E-state index in [0.29, 0.717) is 36.5 Å². The van der Waals surface area contributed by atoms with Gasteiger partial charge in [0.15, 0.2) is 0 Å². The zero-order valence-corrected chi connectivity index (χ0v) is 17.7. The Labute approximate surface area is 179 Å². The van der Waals surface area contributed by atoms with E-state index < -0.39 is 0 Å². The van der Waals surface area contributed by atoms with Gasteiger partial charge in [-0.1, -0.05) is 0 Å². The van der Waals surface area contributed by atoms with Crippen LogP contribution in [0.1, 0.15) is 33.7 Å². The highest BCUT2D eigenvalue weighted by Crippen LogP contribution is 2.26. The van der Waals surface area contributed by atoms with E-state index in [4.69, 9.17) is 0 Å². The molecule has 0 spiro atoms. The fraction of sp³-hybridized carbons (Fsp3) is 0.304. The average molecular weight is 421 g/mol. The van der Waals surface area contributed by atoms with Gasteiger partial charge in [0.25, 0.3) is 5.91 Å². The van der Waals surface area contributed by atoms with Crippen molar-refractivity contribution in [2.75, 3.05) is 18.4 Å². The van der Waals surface area contributed by atoms with Gasteiger partial charge in [-0.25, -0.2) is 4.39 Å². The largest absolute Gasteiger partial charge is 0.350 e. The van der Waals surface area contributed by atoms with Crippen molar-refractivity contribution in [3.05, 3.63) is 64.9 Å². The number of rotatable bonds is 4. The molecule has 3 heterocycles. The first kappa shape index (κ1) is 20.7. The highest BCUT2D eigenvalue weighted by Gasteiger charge is 2.32. The maximum absolute atomic E-state index is 13.4. The predicted molar refractivity (Wildman–Crippen MR) is 115 cm³/mol. The minimum Gasteiger partial charge on any atom is -0.350 e. The number of benzene rings is 1. The van der Waals surface area contributed by atoms with Crippen molar-refractivity contribution in [1.29, 1.82) is 0 Å². The molecule has 1 atom stereocenters. The summed E-state index contributed by atoms with van der Waals surface area (Å²) in [6.45, 7) is 6.32. The summed E-state index contributed by atoms with van der Waals surface area (Å²) in [6, 6.07) is 8.09. The molecule has 1 aliphatic rings. The summed E-state index contributed by atoms with van der Waals surface area (Å²) in [5.41, 5.74) is 5.01. The number of aromatic amines is 1. The number of aromatic nitrogens is 3. The second-order valence-corrected chi connectivity index (χ2v) is 7.96. The molecule has 2 aromatic heterocycles. The van der Waals surface area contributed by atoms with Crippen LogP contribution in [0.15, 0.2) is 36.5 Å². The molecule has 0 saturated carbocycles. The van der Waals surface area contributed by atoms with Crippen LogP contribution in [0.5, 0.6) is 0 Å². The molecular weight excluding hydrogens is 397 g/mol. The fourth-order valence-corrected chi connectivity index (χ4v) is 3.97. The number of H-pyrrole nitrogens is 1. The third-order valence-corrected chi connectivity index (χ3v) is 5.67. The summed E-state index contributed by atoms with van der Waals surface area (Å²) in [5, 5.41) is 10.9. The quantitative estimate of drug-likeness (QED) is 0.673. The predicted octanol–water partition coefficient (Wildman–Crippen LogP) is 3.64. The van der Waals surface area contributed by atoms with Gasteiger partial charge in [0, 0.05) is 30.0 Å². The zero-order chi connectivity index (χ0) is 22.1. The summed E-state index contributed by atoms with van der Waals surface area (Å²) in [6.07, 6.45) is 2.27. The summed E-state index contributed by atoms with van der Waals surface area (Å²) >= 11 is 0. The Hall–Kier alpha value is -3.55. The Morgan fingerprint density at radius 2 is 1.97 bits per heavy atom. The first-order chi connectivity index (χ1) is 14.8. The van der Waals surface area contributed by atoms with Gasteiger partial charge in [-0.15, -0.1) is 0 Å². The van der Waals surface area contributed by atoms with Gasteiger partial charge in [0.2, 0.25) is 5.91 Å². The van der Waals surface area contributed by atoms with Crippen LogP contribution in [0.2, 0.25) is 0 Å². The molecule has 160 valence electrons. The van der Waals surface area contributed by atoms with Gasteiger partial charge in [-0.3, -0.25) is 9.59 Å². The SMILES string of the molecule is Cc1cc(NC(=O)[C@H]2CCN(C(=O)c3ccc(-c4c(C)cnnc4C)[nH]3)C2)ccc1F. The maximum atomic E-state index is 13.4. The van der Waals surface area contributed by atoms with Crippen LogP contribution in [-0.4, -0.2) is 45.0 Å². The van der Waals surface area contributed by atoms with Crippen molar-refractivity contribution in [2.45, 2.75) is 27.2 Å². The molecule has 4 rings (SSSR count). The zero-order valence-electron chi connectivity index (χ0n) is 17.7. The Kier molecular flexibility index (Phi) is 5.54. The van der Waals surface area contributed by atoms with Crippen LogP contribution in [0.3, 0.4) is 0 Å². The summed E-state index contributed by atoms with van der Waals surface area (Å²) in [5.74, 6) is -0.925. The number of likely N-dealkylation sites (tertiary alicyclic amines) is 1. The number of carbonyl (C=O) groups is 2. The number of nitrogens with zero attached hydrogens (tertiary/aromatic N) is 3. The van der Waals surface area contributed by atoms with E-state index >= 15 is 0 Å². The van der Waals surface area contributed by atoms with Gasteiger partial charge < -0.3 is 15.2 Å². The number of aryl methyl sites for hydroxylation is 3. The second kappa shape index (κ2) is 8.29. The fourth-order valence-electron chi connectivity index (χ4n) is 3.97. The number of hydrogen-bond acceptors (Lipinski definition) is 4. The minimum absolute atomic E-state index is 0.142. The lowest BCUT2D eigenvalue weighted by atomic mass is 10.1. The van der Waals surface area contributed by atoms with Crippen LogP contribution < -0.4 is 5.32 Å². The molecule has 2 N–H and O–H groups in total. The van der Waals surface area contributed by atoms with E-state index in [-0.39, 0.29) is 23.5 Å². The average Bonchev–Trinajstić information content (AvgIpc) is 3.40. The molecule has 1 saturated heterocycles. The van der Waals surface area contributed by atoms with Gasteiger partial charge in [-0.2, -0.15) is 10.2 Å². The molecule has 31 heavy (non-hydrogen) atoms. The van der Waals surface area contributed by atoms with Crippen LogP contribution in [0.4, 0.5) is 10.1 Å². The summed E-state index contributed by atoms with van der Waals surface area (Å²) in [7, 11) is 0. The van der Waals surface area contributed by atoms with E-state index in [2.05, 4.69) is 20.5 Å². The highest BCUT2D eigenvalue weighted by atomic mass is 19.1. The summed E-state index contributed by atoms with van der Waals surface area (Å²) < 4.78 is 13.4. The van der Waals surface area contributed by atoms with Gasteiger partial charge >= 0.3 is 0 Å². The standard InChI is InChI=1S/C23H24FN5O2/c1-13-10-17(4-5-18(13)24)26-22(30)16-8-9-29(12-16)23(31)20-7-6-19(27-20)21-14(2)11-25-28-15(21)3/h4-7,10-11,16,27H,8-9,12H2,1-3H3,(H,26,30)/t16-/m0/s1. The normalized spacial score (nSPS) is 15.9. The van der Waals surface area contributed by atoms with E-state index in [0.717, 1.165) is 22.5 Å². The number of hydrogen-bond donors (Lipinski definition) is 2. The van der Waals surface area contributed by atoms with Crippen molar-refractivity contribution in [1.82, 2.24) is 20.1 Å². The van der Waals surface area contributed by atoms with E-state index in [1.165, 1.54) is 12.1 Å². The molecule has 1 aromatic carbocycles. The van der Waals surface area contributed by atoms with Crippen LogP contribution >= 0.6 is 0 Å². The topological polar surface area (TPSA) is 91.0 Å². The lowest BCUT2D eigenvalue weighted by Gasteiger charge is -2.16. The molecule has 0 aliphatic carbocycles. The van der Waals surface area contributed by atoms with Gasteiger partial charge in [0.05, 0.1) is 17.8 Å². The van der Waals surface area contributed by atoms with Gasteiger partial charge in [0.1, 0.15) is 11.5 Å². The number of anilines is 1. The molecule has 0 radical (unpaired) electrons. The Morgan fingerprint density at radius 1 is 1.16 bits per heavy atom. The molecule has 1 aliphatic heterocycles. The van der Waals surface area contributed by atoms with E-state index in [1.54, 1.807) is 30.2 Å². The molecule has 0 bridgehead atoms. The molecule has 3 aromatic rings. The number of halogens is 1. The second-order valence-electron chi connectivity index (χ2n) is 7.96. The van der Waals surface area contributed by atoms with Crippen molar-refractivity contribution >= 4 is 17.5 Å².